The quantitative estimate of drug-likeness (QED) is 0.674. The highest BCUT2D eigenvalue weighted by Crippen LogP contribution is 2.30. The van der Waals surface area contributed by atoms with E-state index in [9.17, 15) is 31.1 Å². The molecule has 0 atom stereocenters. The van der Waals surface area contributed by atoms with Gasteiger partial charge in [0.05, 0.1) is 13.2 Å². The van der Waals surface area contributed by atoms with Crippen molar-refractivity contribution in [2.75, 3.05) is 26.3 Å². The molecule has 1 aliphatic rings. The van der Waals surface area contributed by atoms with Gasteiger partial charge in [-0.1, -0.05) is 24.3 Å². The van der Waals surface area contributed by atoms with Gasteiger partial charge in [0.15, 0.2) is 5.69 Å². The Balaban J connectivity index is 0.000000451. The third kappa shape index (κ3) is 7.05. The van der Waals surface area contributed by atoms with Crippen molar-refractivity contribution in [3.63, 3.8) is 0 Å². The number of benzene rings is 1. The van der Waals surface area contributed by atoms with Gasteiger partial charge in [0, 0.05) is 30.8 Å². The summed E-state index contributed by atoms with van der Waals surface area (Å²) in [5.41, 5.74) is -0.886. The number of hydrogen-bond donors (Lipinski definition) is 2. The number of aromatic amines is 1. The summed E-state index contributed by atoms with van der Waals surface area (Å²) in [5, 5.41) is 7.12. The molecular formula is C19H19F6N3O4. The molecule has 13 heteroatoms. The second kappa shape index (κ2) is 10.1. The Bertz CT molecular complexity index is 981. The van der Waals surface area contributed by atoms with E-state index in [4.69, 9.17) is 14.6 Å². The van der Waals surface area contributed by atoms with Crippen molar-refractivity contribution < 1.29 is 41.0 Å². The van der Waals surface area contributed by atoms with E-state index < -0.39 is 35.1 Å². The molecule has 2 aromatic rings. The summed E-state index contributed by atoms with van der Waals surface area (Å²) in [5.74, 6) is -2.84. The Morgan fingerprint density at radius 1 is 1.12 bits per heavy atom. The van der Waals surface area contributed by atoms with E-state index in [1.807, 2.05) is 12.1 Å². The van der Waals surface area contributed by atoms with Gasteiger partial charge >= 0.3 is 18.3 Å². The summed E-state index contributed by atoms with van der Waals surface area (Å²) in [4.78, 5) is 29.0. The number of carboxylic acid groups (broad SMARTS) is 1. The van der Waals surface area contributed by atoms with Crippen molar-refractivity contribution in [2.24, 2.45) is 0 Å². The fourth-order valence-electron chi connectivity index (χ4n) is 2.73. The normalized spacial score (nSPS) is 15.1. The first kappa shape index (κ1) is 25.3. The molecule has 0 bridgehead atoms. The number of nitrogens with one attached hydrogen (secondary N) is 1. The molecule has 2 heterocycles. The summed E-state index contributed by atoms with van der Waals surface area (Å²) in [6.07, 6.45) is -9.75. The molecule has 1 fully saturated rings. The number of morpholine rings is 1. The minimum absolute atomic E-state index is 0.0825. The second-order valence-electron chi connectivity index (χ2n) is 6.77. The zero-order valence-corrected chi connectivity index (χ0v) is 16.7. The number of carbonyl (C=O) groups is 1. The van der Waals surface area contributed by atoms with Crippen LogP contribution in [-0.2, 0) is 22.3 Å². The molecule has 1 aromatic heterocycles. The average molecular weight is 467 g/mol. The van der Waals surface area contributed by atoms with Gasteiger partial charge in [0.25, 0.3) is 5.56 Å². The van der Waals surface area contributed by atoms with Crippen LogP contribution in [0.15, 0.2) is 29.1 Å². The van der Waals surface area contributed by atoms with Crippen LogP contribution >= 0.6 is 0 Å². The van der Waals surface area contributed by atoms with Crippen molar-refractivity contribution in [3.05, 3.63) is 51.4 Å². The summed E-state index contributed by atoms with van der Waals surface area (Å²) in [7, 11) is 0. The van der Waals surface area contributed by atoms with E-state index in [1.54, 1.807) is 12.1 Å². The van der Waals surface area contributed by atoms with Crippen LogP contribution in [0.5, 0.6) is 0 Å². The first-order chi connectivity index (χ1) is 14.8. The minimum atomic E-state index is -5.08. The molecule has 1 aliphatic heterocycles. The molecule has 0 unspecified atom stereocenters. The van der Waals surface area contributed by atoms with Crippen molar-refractivity contribution in [1.29, 1.82) is 0 Å². The van der Waals surface area contributed by atoms with Crippen LogP contribution in [0.2, 0.25) is 0 Å². The number of ether oxygens (including phenoxy) is 1. The predicted molar refractivity (Wildman–Crippen MR) is 99.8 cm³/mol. The number of carboxylic acids is 1. The first-order valence-corrected chi connectivity index (χ1v) is 9.16. The van der Waals surface area contributed by atoms with Crippen molar-refractivity contribution in [1.82, 2.24) is 14.9 Å². The molecule has 7 nitrogen and oxygen atoms in total. The van der Waals surface area contributed by atoms with Crippen molar-refractivity contribution in [2.45, 2.75) is 25.8 Å². The molecule has 0 radical (unpaired) electrons. The molecular weight excluding hydrogens is 448 g/mol. The number of aliphatic carboxylic acids is 1. The molecule has 0 amide bonds. The van der Waals surface area contributed by atoms with Crippen LogP contribution in [0, 0.1) is 6.92 Å². The number of hydrogen-bond acceptors (Lipinski definition) is 5. The van der Waals surface area contributed by atoms with Crippen molar-refractivity contribution in [3.8, 4) is 11.4 Å². The molecule has 0 aliphatic carbocycles. The number of nitrogens with zero attached hydrogens (tertiary/aromatic N) is 2. The largest absolute Gasteiger partial charge is 0.490 e. The van der Waals surface area contributed by atoms with E-state index in [2.05, 4.69) is 14.9 Å². The number of H-pyrrole nitrogens is 1. The summed E-state index contributed by atoms with van der Waals surface area (Å²) in [6, 6.07) is 7.00. The molecule has 176 valence electrons. The summed E-state index contributed by atoms with van der Waals surface area (Å²) >= 11 is 0. The van der Waals surface area contributed by atoms with E-state index >= 15 is 0 Å². The lowest BCUT2D eigenvalue weighted by Crippen LogP contribution is -2.35. The third-order valence-electron chi connectivity index (χ3n) is 4.40. The molecule has 0 spiro atoms. The molecule has 1 saturated heterocycles. The Morgan fingerprint density at radius 3 is 2.12 bits per heavy atom. The molecule has 0 saturated carbocycles. The minimum Gasteiger partial charge on any atom is -0.475 e. The fraction of sp³-hybridized carbons (Fsp3) is 0.421. The summed E-state index contributed by atoms with van der Waals surface area (Å²) in [6.45, 7) is 4.96. The highest BCUT2D eigenvalue weighted by molar-refractivity contribution is 5.73. The van der Waals surface area contributed by atoms with Crippen LogP contribution < -0.4 is 5.56 Å². The van der Waals surface area contributed by atoms with Crippen LogP contribution in [0.25, 0.3) is 11.4 Å². The Hall–Kier alpha value is -2.93. The average Bonchev–Trinajstić information content (AvgIpc) is 2.70. The SMILES string of the molecule is Cc1c(C(F)(F)F)nc(-c2ccc(CN3CCOCC3)cc2)[nH]c1=O.O=C(O)C(F)(F)F. The number of rotatable bonds is 3. The second-order valence-corrected chi connectivity index (χ2v) is 6.77. The Kier molecular flexibility index (Phi) is 8.02. The first-order valence-electron chi connectivity index (χ1n) is 9.16. The topological polar surface area (TPSA) is 95.5 Å². The molecule has 2 N–H and O–H groups in total. The highest BCUT2D eigenvalue weighted by Gasteiger charge is 2.38. The monoisotopic (exact) mass is 467 g/mol. The predicted octanol–water partition coefficient (Wildman–Crippen LogP) is 3.23. The Morgan fingerprint density at radius 2 is 1.66 bits per heavy atom. The maximum absolute atomic E-state index is 13.0. The van der Waals surface area contributed by atoms with Crippen LogP contribution in [0.1, 0.15) is 16.8 Å². The van der Waals surface area contributed by atoms with Gasteiger partial charge in [-0.2, -0.15) is 26.3 Å². The zero-order chi connectivity index (χ0) is 24.1. The van der Waals surface area contributed by atoms with Gasteiger partial charge < -0.3 is 14.8 Å². The number of halogens is 6. The lowest BCUT2D eigenvalue weighted by Gasteiger charge is -2.26. The van der Waals surface area contributed by atoms with Gasteiger partial charge in [-0.15, -0.1) is 0 Å². The lowest BCUT2D eigenvalue weighted by atomic mass is 10.1. The molecule has 32 heavy (non-hydrogen) atoms. The van der Waals surface area contributed by atoms with Gasteiger partial charge in [0.2, 0.25) is 0 Å². The van der Waals surface area contributed by atoms with E-state index in [-0.39, 0.29) is 5.82 Å². The highest BCUT2D eigenvalue weighted by atomic mass is 19.4. The van der Waals surface area contributed by atoms with Crippen LogP contribution in [0.3, 0.4) is 0 Å². The molecule has 3 rings (SSSR count). The smallest absolute Gasteiger partial charge is 0.475 e. The van der Waals surface area contributed by atoms with Gasteiger partial charge in [-0.05, 0) is 12.5 Å². The van der Waals surface area contributed by atoms with E-state index in [0.29, 0.717) is 18.8 Å². The third-order valence-corrected chi connectivity index (χ3v) is 4.40. The maximum Gasteiger partial charge on any atom is 0.490 e. The fourth-order valence-corrected chi connectivity index (χ4v) is 2.73. The number of alkyl halides is 6. The zero-order valence-electron chi connectivity index (χ0n) is 16.7. The number of aromatic nitrogens is 2. The Labute approximate surface area is 177 Å². The van der Waals surface area contributed by atoms with Crippen LogP contribution in [0.4, 0.5) is 26.3 Å². The van der Waals surface area contributed by atoms with Gasteiger partial charge in [-0.3, -0.25) is 9.69 Å². The van der Waals surface area contributed by atoms with Crippen molar-refractivity contribution >= 4 is 5.97 Å². The van der Waals surface area contributed by atoms with Gasteiger partial charge in [0.1, 0.15) is 5.82 Å². The van der Waals surface area contributed by atoms with E-state index in [0.717, 1.165) is 32.1 Å². The maximum atomic E-state index is 13.0. The lowest BCUT2D eigenvalue weighted by molar-refractivity contribution is -0.192. The van der Waals surface area contributed by atoms with E-state index in [1.165, 1.54) is 0 Å². The summed E-state index contributed by atoms with van der Waals surface area (Å²) < 4.78 is 76.1. The molecule has 1 aromatic carbocycles. The van der Waals surface area contributed by atoms with Crippen LogP contribution in [-0.4, -0.2) is 58.4 Å². The standard InChI is InChI=1S/C17H18F3N3O2.C2HF3O2/c1-11-14(17(18,19)20)21-15(22-16(11)24)13-4-2-12(3-5-13)10-23-6-8-25-9-7-23;3-2(4,5)1(6)7/h2-5H,6-10H2,1H3,(H,21,22,24);(H,6,7). The van der Waals surface area contributed by atoms with Gasteiger partial charge in [-0.25, -0.2) is 9.78 Å².